The van der Waals surface area contributed by atoms with Crippen LogP contribution in [0.15, 0.2) is 12.1 Å². The van der Waals surface area contributed by atoms with Gasteiger partial charge in [-0.2, -0.15) is 0 Å². The van der Waals surface area contributed by atoms with E-state index in [0.717, 1.165) is 17.2 Å². The van der Waals surface area contributed by atoms with Gasteiger partial charge in [-0.1, -0.05) is 0 Å². The van der Waals surface area contributed by atoms with Crippen molar-refractivity contribution in [1.29, 1.82) is 0 Å². The van der Waals surface area contributed by atoms with E-state index in [9.17, 15) is 4.79 Å². The van der Waals surface area contributed by atoms with E-state index in [-0.39, 0.29) is 5.91 Å². The average molecular weight is 267 g/mol. The van der Waals surface area contributed by atoms with Crippen molar-refractivity contribution in [2.75, 3.05) is 26.4 Å². The van der Waals surface area contributed by atoms with Crippen molar-refractivity contribution in [3.05, 3.63) is 21.9 Å². The van der Waals surface area contributed by atoms with Crippen molar-refractivity contribution >= 4 is 17.2 Å². The highest BCUT2D eigenvalue weighted by Gasteiger charge is 2.24. The highest BCUT2D eigenvalue weighted by Crippen LogP contribution is 2.34. The lowest BCUT2D eigenvalue weighted by Gasteiger charge is -2.17. The lowest BCUT2D eigenvalue weighted by Crippen LogP contribution is -2.32. The number of carbonyl (C=O) groups is 1. The number of carbonyl (C=O) groups excluding carboxylic acids is 1. The molecule has 0 radical (unpaired) electrons. The summed E-state index contributed by atoms with van der Waals surface area (Å²) in [4.78, 5) is 19.7. The first-order valence-corrected chi connectivity index (χ1v) is 7.26. The maximum atomic E-state index is 12.2. The van der Waals surface area contributed by atoms with Gasteiger partial charge in [-0.15, -0.1) is 11.3 Å². The van der Waals surface area contributed by atoms with Gasteiger partial charge >= 0.3 is 0 Å². The first-order valence-electron chi connectivity index (χ1n) is 6.44. The van der Waals surface area contributed by atoms with Crippen LogP contribution >= 0.6 is 11.3 Å². The number of amides is 1. The predicted octanol–water partition coefficient (Wildman–Crippen LogP) is 2.10. The van der Waals surface area contributed by atoms with Crippen LogP contribution in [0.2, 0.25) is 0 Å². The van der Waals surface area contributed by atoms with Crippen molar-refractivity contribution in [2.45, 2.75) is 19.3 Å². The maximum Gasteiger partial charge on any atom is 0.287 e. The summed E-state index contributed by atoms with van der Waals surface area (Å²) in [6, 6.07) is 3.99. The number of rotatable bonds is 3. The van der Waals surface area contributed by atoms with Crippen molar-refractivity contribution in [3.8, 4) is 0 Å². The highest BCUT2D eigenvalue weighted by molar-refractivity contribution is 7.14. The molecule has 2 heterocycles. The van der Waals surface area contributed by atoms with Gasteiger partial charge in [0.2, 0.25) is 0 Å². The van der Waals surface area contributed by atoms with E-state index in [2.05, 4.69) is 6.07 Å². The van der Waals surface area contributed by atoms with E-state index in [1.165, 1.54) is 22.8 Å². The van der Waals surface area contributed by atoms with Gasteiger partial charge in [0.25, 0.3) is 5.91 Å². The molecule has 5 heteroatoms. The van der Waals surface area contributed by atoms with E-state index in [4.69, 9.17) is 9.57 Å². The zero-order valence-electron chi connectivity index (χ0n) is 10.3. The second kappa shape index (κ2) is 5.38. The Labute approximate surface area is 110 Å². The quantitative estimate of drug-likeness (QED) is 0.842. The number of nitrogens with zero attached hydrogens (tertiary/aromatic N) is 1. The van der Waals surface area contributed by atoms with Crippen LogP contribution in [0.3, 0.4) is 0 Å². The van der Waals surface area contributed by atoms with E-state index in [1.54, 1.807) is 11.3 Å². The molecule has 98 valence electrons. The molecule has 4 nitrogen and oxygen atoms in total. The van der Waals surface area contributed by atoms with Crippen LogP contribution in [0.25, 0.3) is 0 Å². The van der Waals surface area contributed by atoms with Gasteiger partial charge in [-0.05, 0) is 37.3 Å². The number of ether oxygens (including phenoxy) is 1. The molecule has 0 unspecified atom stereocenters. The fraction of sp³-hybridized carbons (Fsp3) is 0.615. The minimum Gasteiger partial charge on any atom is -0.377 e. The molecule has 1 aromatic rings. The van der Waals surface area contributed by atoms with Gasteiger partial charge in [0, 0.05) is 4.88 Å². The Morgan fingerprint density at radius 1 is 1.33 bits per heavy atom. The van der Waals surface area contributed by atoms with Crippen molar-refractivity contribution < 1.29 is 14.4 Å². The summed E-state index contributed by atoms with van der Waals surface area (Å²) >= 11 is 1.60. The first kappa shape index (κ1) is 12.1. The van der Waals surface area contributed by atoms with Gasteiger partial charge in [-0.25, -0.2) is 5.06 Å². The second-order valence-electron chi connectivity index (χ2n) is 4.77. The van der Waals surface area contributed by atoms with E-state index >= 15 is 0 Å². The molecule has 2 aliphatic rings. The van der Waals surface area contributed by atoms with Crippen molar-refractivity contribution in [1.82, 2.24) is 5.06 Å². The SMILES string of the molecule is O=C(c1ccc(CC2CC2)s1)N1CCOCCO1. The second-order valence-corrected chi connectivity index (χ2v) is 5.93. The molecule has 0 spiro atoms. The number of hydroxylamine groups is 2. The standard InChI is InChI=1S/C13H17NO3S/c15-13(14-5-6-16-7-8-17-14)12-4-3-11(18-12)9-10-1-2-10/h3-4,10H,1-2,5-9H2. The largest absolute Gasteiger partial charge is 0.377 e. The molecule has 1 aromatic heterocycles. The van der Waals surface area contributed by atoms with Crippen LogP contribution in [0.5, 0.6) is 0 Å². The average Bonchev–Trinajstić information content (AvgIpc) is 3.12. The predicted molar refractivity (Wildman–Crippen MR) is 68.6 cm³/mol. The van der Waals surface area contributed by atoms with Gasteiger partial charge in [0.15, 0.2) is 0 Å². The number of thiophene rings is 1. The molecule has 0 bridgehead atoms. The Hall–Kier alpha value is -0.910. The molecule has 2 fully saturated rings. The summed E-state index contributed by atoms with van der Waals surface area (Å²) in [5.74, 6) is 0.821. The first-order chi connectivity index (χ1) is 8.83. The Balaban J connectivity index is 1.64. The van der Waals surface area contributed by atoms with E-state index in [1.807, 2.05) is 6.07 Å². The molecule has 0 aromatic carbocycles. The zero-order valence-corrected chi connectivity index (χ0v) is 11.1. The lowest BCUT2D eigenvalue weighted by atomic mass is 10.2. The summed E-state index contributed by atoms with van der Waals surface area (Å²) in [7, 11) is 0. The van der Waals surface area contributed by atoms with Gasteiger partial charge in [0.05, 0.1) is 31.2 Å². The maximum absolute atomic E-state index is 12.2. The van der Waals surface area contributed by atoms with Crippen LogP contribution in [-0.2, 0) is 16.0 Å². The zero-order chi connectivity index (χ0) is 12.4. The van der Waals surface area contributed by atoms with Crippen LogP contribution in [0, 0.1) is 5.92 Å². The summed E-state index contributed by atoms with van der Waals surface area (Å²) in [5.41, 5.74) is 0. The molecular formula is C13H17NO3S. The molecule has 1 saturated heterocycles. The fourth-order valence-electron chi connectivity index (χ4n) is 2.01. The highest BCUT2D eigenvalue weighted by atomic mass is 32.1. The molecule has 0 N–H and O–H groups in total. The van der Waals surface area contributed by atoms with Crippen molar-refractivity contribution in [3.63, 3.8) is 0 Å². The molecule has 18 heavy (non-hydrogen) atoms. The van der Waals surface area contributed by atoms with Gasteiger partial charge in [0.1, 0.15) is 0 Å². The summed E-state index contributed by atoms with van der Waals surface area (Å²) in [5, 5.41) is 1.43. The third kappa shape index (κ3) is 2.91. The molecule has 1 saturated carbocycles. The molecule has 3 rings (SSSR count). The molecule has 1 aliphatic heterocycles. The van der Waals surface area contributed by atoms with E-state index < -0.39 is 0 Å². The minimum atomic E-state index is -0.0347. The lowest BCUT2D eigenvalue weighted by molar-refractivity contribution is -0.112. The Morgan fingerprint density at radius 2 is 2.22 bits per heavy atom. The smallest absolute Gasteiger partial charge is 0.287 e. The van der Waals surface area contributed by atoms with Crippen LogP contribution in [-0.4, -0.2) is 37.3 Å². The summed E-state index contributed by atoms with van der Waals surface area (Å²) in [6.07, 6.45) is 3.81. The topological polar surface area (TPSA) is 38.8 Å². The Kier molecular flexibility index (Phi) is 3.63. The Morgan fingerprint density at radius 3 is 3.06 bits per heavy atom. The van der Waals surface area contributed by atoms with Crippen LogP contribution < -0.4 is 0 Å². The minimum absolute atomic E-state index is 0.0347. The van der Waals surface area contributed by atoms with Crippen molar-refractivity contribution in [2.24, 2.45) is 5.92 Å². The molecule has 0 atom stereocenters. The third-order valence-electron chi connectivity index (χ3n) is 3.20. The van der Waals surface area contributed by atoms with Gasteiger partial charge in [-0.3, -0.25) is 9.63 Å². The molecule has 1 aliphatic carbocycles. The summed E-state index contributed by atoms with van der Waals surface area (Å²) in [6.45, 7) is 2.06. The molecular weight excluding hydrogens is 250 g/mol. The van der Waals surface area contributed by atoms with Crippen LogP contribution in [0.1, 0.15) is 27.4 Å². The van der Waals surface area contributed by atoms with Crippen LogP contribution in [0.4, 0.5) is 0 Å². The normalized spacial score (nSPS) is 20.8. The number of hydrogen-bond donors (Lipinski definition) is 0. The number of hydrogen-bond acceptors (Lipinski definition) is 4. The molecule has 1 amide bonds. The third-order valence-corrected chi connectivity index (χ3v) is 4.29. The Bertz CT molecular complexity index is 420. The fourth-order valence-corrected chi connectivity index (χ4v) is 3.08. The summed E-state index contributed by atoms with van der Waals surface area (Å²) < 4.78 is 5.26. The monoisotopic (exact) mass is 267 g/mol. The van der Waals surface area contributed by atoms with Gasteiger partial charge < -0.3 is 4.74 Å². The van der Waals surface area contributed by atoms with E-state index in [0.29, 0.717) is 26.4 Å².